The van der Waals surface area contributed by atoms with Crippen LogP contribution in [0.2, 0.25) is 0 Å². The Morgan fingerprint density at radius 3 is 2.65 bits per heavy atom. The van der Waals surface area contributed by atoms with Gasteiger partial charge >= 0.3 is 0 Å². The van der Waals surface area contributed by atoms with Crippen LogP contribution in [0.15, 0.2) is 42.5 Å². The molecule has 1 N–H and O–H groups in total. The van der Waals surface area contributed by atoms with Gasteiger partial charge in [-0.2, -0.15) is 0 Å². The summed E-state index contributed by atoms with van der Waals surface area (Å²) in [5.41, 5.74) is 1.37. The molecule has 0 radical (unpaired) electrons. The van der Waals surface area contributed by atoms with Crippen LogP contribution in [-0.2, 0) is 6.54 Å². The monoisotopic (exact) mass is 247 g/mol. The predicted molar refractivity (Wildman–Crippen MR) is 75.6 cm³/mol. The second-order valence-electron chi connectivity index (χ2n) is 4.21. The first-order valence-electron chi connectivity index (χ1n) is 6.15. The fraction of sp³-hybridized carbons (Fsp3) is 0.333. The molecule has 0 aromatic heterocycles. The number of unbranched alkanes of at least 4 members (excludes halogenated alkanes) is 1. The van der Waals surface area contributed by atoms with Gasteiger partial charge < -0.3 is 5.32 Å². The van der Waals surface area contributed by atoms with Crippen LogP contribution in [0.25, 0.3) is 10.8 Å². The highest BCUT2D eigenvalue weighted by Crippen LogP contribution is 2.18. The minimum absolute atomic E-state index is 0.760. The summed E-state index contributed by atoms with van der Waals surface area (Å²) >= 11 is 5.65. The van der Waals surface area contributed by atoms with E-state index >= 15 is 0 Å². The zero-order valence-corrected chi connectivity index (χ0v) is 10.7. The van der Waals surface area contributed by atoms with Crippen molar-refractivity contribution in [2.24, 2.45) is 0 Å². The molecule has 0 aliphatic carbocycles. The molecule has 0 aliphatic rings. The summed E-state index contributed by atoms with van der Waals surface area (Å²) in [7, 11) is 0. The van der Waals surface area contributed by atoms with Gasteiger partial charge in [-0.15, -0.1) is 11.6 Å². The van der Waals surface area contributed by atoms with Gasteiger partial charge in [-0.05, 0) is 35.7 Å². The van der Waals surface area contributed by atoms with Crippen LogP contribution in [-0.4, -0.2) is 12.4 Å². The van der Waals surface area contributed by atoms with E-state index in [1.807, 2.05) is 0 Å². The van der Waals surface area contributed by atoms with Gasteiger partial charge in [0.2, 0.25) is 0 Å². The normalized spacial score (nSPS) is 10.9. The first kappa shape index (κ1) is 12.4. The van der Waals surface area contributed by atoms with Gasteiger partial charge in [0.05, 0.1) is 0 Å². The molecule has 0 bridgehead atoms. The maximum atomic E-state index is 5.65. The van der Waals surface area contributed by atoms with Crippen LogP contribution < -0.4 is 5.32 Å². The van der Waals surface area contributed by atoms with Crippen molar-refractivity contribution in [2.45, 2.75) is 19.4 Å². The maximum absolute atomic E-state index is 5.65. The van der Waals surface area contributed by atoms with E-state index in [0.717, 1.165) is 31.8 Å². The van der Waals surface area contributed by atoms with Gasteiger partial charge in [-0.25, -0.2) is 0 Å². The van der Waals surface area contributed by atoms with Crippen molar-refractivity contribution in [2.75, 3.05) is 12.4 Å². The van der Waals surface area contributed by atoms with E-state index in [1.165, 1.54) is 16.3 Å². The SMILES string of the molecule is ClCCCCNCc1cccc2ccccc12. The number of alkyl halides is 1. The van der Waals surface area contributed by atoms with Crippen molar-refractivity contribution in [3.63, 3.8) is 0 Å². The second-order valence-corrected chi connectivity index (χ2v) is 4.59. The van der Waals surface area contributed by atoms with Gasteiger partial charge in [-0.1, -0.05) is 42.5 Å². The van der Waals surface area contributed by atoms with E-state index in [9.17, 15) is 0 Å². The van der Waals surface area contributed by atoms with Gasteiger partial charge in [0.15, 0.2) is 0 Å². The standard InChI is InChI=1S/C15H18ClN/c16-10-3-4-11-17-12-14-8-5-7-13-6-1-2-9-15(13)14/h1-2,5-9,17H,3-4,10-12H2. The third-order valence-electron chi connectivity index (χ3n) is 2.93. The number of benzene rings is 2. The minimum atomic E-state index is 0.760. The van der Waals surface area contributed by atoms with E-state index in [4.69, 9.17) is 11.6 Å². The highest BCUT2D eigenvalue weighted by molar-refractivity contribution is 6.17. The Hall–Kier alpha value is -1.05. The molecule has 2 heteroatoms. The number of hydrogen-bond acceptors (Lipinski definition) is 1. The average Bonchev–Trinajstić information content (AvgIpc) is 2.39. The fourth-order valence-electron chi connectivity index (χ4n) is 2.01. The average molecular weight is 248 g/mol. The third kappa shape index (κ3) is 3.45. The second kappa shape index (κ2) is 6.63. The number of halogens is 1. The fourth-order valence-corrected chi connectivity index (χ4v) is 2.20. The molecule has 0 unspecified atom stereocenters. The van der Waals surface area contributed by atoms with Crippen molar-refractivity contribution >= 4 is 22.4 Å². The van der Waals surface area contributed by atoms with Crippen molar-refractivity contribution in [3.05, 3.63) is 48.0 Å². The number of nitrogens with one attached hydrogen (secondary N) is 1. The molecule has 0 spiro atoms. The van der Waals surface area contributed by atoms with Gasteiger partial charge in [-0.3, -0.25) is 0 Å². The minimum Gasteiger partial charge on any atom is -0.313 e. The van der Waals surface area contributed by atoms with Crippen LogP contribution in [0, 0.1) is 0 Å². The van der Waals surface area contributed by atoms with E-state index in [2.05, 4.69) is 47.8 Å². The van der Waals surface area contributed by atoms with E-state index in [-0.39, 0.29) is 0 Å². The Morgan fingerprint density at radius 1 is 0.941 bits per heavy atom. The lowest BCUT2D eigenvalue weighted by atomic mass is 10.0. The first-order chi connectivity index (χ1) is 8.42. The Labute approximate surface area is 108 Å². The Bertz CT molecular complexity index is 462. The summed E-state index contributed by atoms with van der Waals surface area (Å²) in [4.78, 5) is 0. The van der Waals surface area contributed by atoms with Crippen LogP contribution in [0.1, 0.15) is 18.4 Å². The molecular weight excluding hydrogens is 230 g/mol. The topological polar surface area (TPSA) is 12.0 Å². The quantitative estimate of drug-likeness (QED) is 0.602. The summed E-state index contributed by atoms with van der Waals surface area (Å²) in [5.74, 6) is 0.760. The number of rotatable bonds is 6. The molecule has 90 valence electrons. The molecule has 1 nitrogen and oxygen atoms in total. The highest BCUT2D eigenvalue weighted by Gasteiger charge is 1.99. The molecule has 0 aliphatic heterocycles. The molecule has 0 fully saturated rings. The van der Waals surface area contributed by atoms with Crippen molar-refractivity contribution in [1.82, 2.24) is 5.32 Å². The van der Waals surface area contributed by atoms with Gasteiger partial charge in [0.1, 0.15) is 0 Å². The van der Waals surface area contributed by atoms with Crippen molar-refractivity contribution in [1.29, 1.82) is 0 Å². The lowest BCUT2D eigenvalue weighted by Crippen LogP contribution is -2.14. The van der Waals surface area contributed by atoms with Crippen LogP contribution in [0.3, 0.4) is 0 Å². The molecular formula is C15H18ClN. The molecule has 0 amide bonds. The Kier molecular flexibility index (Phi) is 4.84. The summed E-state index contributed by atoms with van der Waals surface area (Å²) in [6.07, 6.45) is 2.23. The molecule has 0 saturated carbocycles. The maximum Gasteiger partial charge on any atom is 0.0223 e. The molecule has 17 heavy (non-hydrogen) atoms. The molecule has 2 aromatic carbocycles. The van der Waals surface area contributed by atoms with Crippen LogP contribution in [0.5, 0.6) is 0 Å². The van der Waals surface area contributed by atoms with Crippen molar-refractivity contribution < 1.29 is 0 Å². The zero-order chi connectivity index (χ0) is 11.9. The first-order valence-corrected chi connectivity index (χ1v) is 6.68. The largest absolute Gasteiger partial charge is 0.313 e. The molecule has 0 atom stereocenters. The number of hydrogen-bond donors (Lipinski definition) is 1. The molecule has 2 aromatic rings. The predicted octanol–water partition coefficient (Wildman–Crippen LogP) is 3.95. The summed E-state index contributed by atoms with van der Waals surface area (Å²) in [6, 6.07) is 15.0. The summed E-state index contributed by atoms with van der Waals surface area (Å²) in [6.45, 7) is 1.97. The van der Waals surface area contributed by atoms with E-state index < -0.39 is 0 Å². The highest BCUT2D eigenvalue weighted by atomic mass is 35.5. The Morgan fingerprint density at radius 2 is 1.76 bits per heavy atom. The van der Waals surface area contributed by atoms with Crippen LogP contribution in [0.4, 0.5) is 0 Å². The smallest absolute Gasteiger partial charge is 0.0223 e. The molecule has 2 rings (SSSR count). The van der Waals surface area contributed by atoms with E-state index in [1.54, 1.807) is 0 Å². The lowest BCUT2D eigenvalue weighted by Gasteiger charge is -2.07. The Balaban J connectivity index is 1.98. The summed E-state index contributed by atoms with van der Waals surface area (Å²) in [5, 5.41) is 6.13. The molecule has 0 heterocycles. The third-order valence-corrected chi connectivity index (χ3v) is 3.20. The number of fused-ring (bicyclic) bond motifs is 1. The van der Waals surface area contributed by atoms with Gasteiger partial charge in [0.25, 0.3) is 0 Å². The lowest BCUT2D eigenvalue weighted by molar-refractivity contribution is 0.645. The van der Waals surface area contributed by atoms with Gasteiger partial charge in [0, 0.05) is 12.4 Å². The van der Waals surface area contributed by atoms with Crippen LogP contribution >= 0.6 is 11.6 Å². The molecule has 0 saturated heterocycles. The van der Waals surface area contributed by atoms with E-state index in [0.29, 0.717) is 0 Å². The summed E-state index contributed by atoms with van der Waals surface area (Å²) < 4.78 is 0. The zero-order valence-electron chi connectivity index (χ0n) is 9.95. The van der Waals surface area contributed by atoms with Crippen molar-refractivity contribution in [3.8, 4) is 0 Å².